The maximum absolute atomic E-state index is 12.4. The number of imidazole rings is 1. The molecule has 0 saturated heterocycles. The van der Waals surface area contributed by atoms with E-state index in [4.69, 9.17) is 21.7 Å². The fourth-order valence-electron chi connectivity index (χ4n) is 2.43. The Balaban J connectivity index is 2.17. The summed E-state index contributed by atoms with van der Waals surface area (Å²) in [7, 11) is 0. The van der Waals surface area contributed by atoms with Crippen LogP contribution in [-0.4, -0.2) is 40.7 Å². The van der Waals surface area contributed by atoms with Gasteiger partial charge in [-0.25, -0.2) is 0 Å². The molecular weight excluding hydrogens is 362 g/mol. The van der Waals surface area contributed by atoms with Crippen LogP contribution in [0, 0.1) is 17.1 Å². The number of aromatic amines is 2. The van der Waals surface area contributed by atoms with Crippen LogP contribution in [0.4, 0.5) is 0 Å². The third kappa shape index (κ3) is 6.36. The Kier molecular flexibility index (Phi) is 6.37. The van der Waals surface area contributed by atoms with Gasteiger partial charge in [0.05, 0.1) is 10.9 Å². The number of aromatic nitrogens is 2. The molecule has 6 nitrogen and oxygen atoms in total. The maximum atomic E-state index is 12.4. The van der Waals surface area contributed by atoms with Crippen LogP contribution in [0.5, 0.6) is 5.75 Å². The van der Waals surface area contributed by atoms with Crippen molar-refractivity contribution < 1.29 is 14.3 Å². The Hall–Kier alpha value is -1.86. The number of esters is 1. The van der Waals surface area contributed by atoms with Crippen molar-refractivity contribution in [1.29, 1.82) is 0 Å². The van der Waals surface area contributed by atoms with Crippen molar-refractivity contribution in [3.63, 3.8) is 0 Å². The molecule has 0 fully saturated rings. The highest BCUT2D eigenvalue weighted by Gasteiger charge is 2.27. The van der Waals surface area contributed by atoms with E-state index in [1.54, 1.807) is 0 Å². The Labute approximate surface area is 166 Å². The first-order chi connectivity index (χ1) is 12.3. The van der Waals surface area contributed by atoms with Crippen molar-refractivity contribution in [3.05, 3.63) is 22.5 Å². The molecule has 2 aromatic rings. The molecule has 27 heavy (non-hydrogen) atoms. The summed E-state index contributed by atoms with van der Waals surface area (Å²) in [5.74, 6) is 0.437. The molecule has 1 aromatic heterocycles. The van der Waals surface area contributed by atoms with Gasteiger partial charge >= 0.3 is 5.97 Å². The van der Waals surface area contributed by atoms with Gasteiger partial charge in [-0.2, -0.15) is 0 Å². The Bertz CT molecular complexity index is 856. The van der Waals surface area contributed by atoms with Gasteiger partial charge in [0.1, 0.15) is 24.0 Å². The van der Waals surface area contributed by atoms with Crippen LogP contribution in [0.2, 0.25) is 0 Å². The molecule has 1 atom stereocenters. The molecule has 0 aliphatic heterocycles. The predicted octanol–water partition coefficient (Wildman–Crippen LogP) is 4.26. The molecular formula is C20H31N3O3S. The molecule has 0 bridgehead atoms. The SMILES string of the molecule is Cc1cc(OCC(CNC(C)(C)C)OC(=O)C(C)(C)C)c2[nH]c(=S)[nH]c2c1. The molecule has 0 radical (unpaired) electrons. The highest BCUT2D eigenvalue weighted by atomic mass is 32.1. The van der Waals surface area contributed by atoms with E-state index in [9.17, 15) is 4.79 Å². The number of benzene rings is 1. The summed E-state index contributed by atoms with van der Waals surface area (Å²) in [6.45, 7) is 14.5. The van der Waals surface area contributed by atoms with Gasteiger partial charge in [-0.1, -0.05) is 0 Å². The Morgan fingerprint density at radius 2 is 1.85 bits per heavy atom. The third-order valence-corrected chi connectivity index (χ3v) is 4.11. The number of nitrogens with one attached hydrogen (secondary N) is 3. The second kappa shape index (κ2) is 8.02. The van der Waals surface area contributed by atoms with Crippen molar-refractivity contribution in [2.75, 3.05) is 13.2 Å². The van der Waals surface area contributed by atoms with Gasteiger partial charge in [0.2, 0.25) is 0 Å². The van der Waals surface area contributed by atoms with Crippen LogP contribution in [0.25, 0.3) is 11.0 Å². The summed E-state index contributed by atoms with van der Waals surface area (Å²) >= 11 is 5.19. The molecule has 2 rings (SSSR count). The standard InChI is InChI=1S/C20H31N3O3S/c1-12-8-14-16(23-18(27)22-14)15(9-12)25-11-13(10-21-20(5,6)7)26-17(24)19(2,3)4/h8-9,13,21H,10-11H2,1-7H3,(H2,22,23,27). The number of ether oxygens (including phenoxy) is 2. The van der Waals surface area contributed by atoms with Gasteiger partial charge in [-0.15, -0.1) is 0 Å². The van der Waals surface area contributed by atoms with E-state index >= 15 is 0 Å². The van der Waals surface area contributed by atoms with Crippen LogP contribution in [-0.2, 0) is 9.53 Å². The molecule has 3 N–H and O–H groups in total. The van der Waals surface area contributed by atoms with Crippen molar-refractivity contribution >= 4 is 29.2 Å². The van der Waals surface area contributed by atoms with Crippen LogP contribution >= 0.6 is 12.2 Å². The number of rotatable bonds is 6. The van der Waals surface area contributed by atoms with Gasteiger partial charge in [-0.05, 0) is 78.4 Å². The van der Waals surface area contributed by atoms with Crippen LogP contribution in [0.3, 0.4) is 0 Å². The number of carbonyl (C=O) groups is 1. The number of hydrogen-bond donors (Lipinski definition) is 3. The molecule has 0 aliphatic rings. The fraction of sp³-hybridized carbons (Fsp3) is 0.600. The number of hydrogen-bond acceptors (Lipinski definition) is 5. The smallest absolute Gasteiger partial charge is 0.311 e. The number of H-pyrrole nitrogens is 2. The van der Waals surface area contributed by atoms with E-state index < -0.39 is 11.5 Å². The van der Waals surface area contributed by atoms with Crippen LogP contribution < -0.4 is 10.1 Å². The summed E-state index contributed by atoms with van der Waals surface area (Å²) in [6.07, 6.45) is -0.409. The molecule has 0 amide bonds. The lowest BCUT2D eigenvalue weighted by Gasteiger charge is -2.27. The minimum Gasteiger partial charge on any atom is -0.487 e. The average molecular weight is 394 g/mol. The van der Waals surface area contributed by atoms with Gasteiger partial charge in [-0.3, -0.25) is 4.79 Å². The van der Waals surface area contributed by atoms with E-state index in [0.717, 1.165) is 16.6 Å². The van der Waals surface area contributed by atoms with Gasteiger partial charge < -0.3 is 24.8 Å². The van der Waals surface area contributed by atoms with E-state index in [2.05, 4.69) is 36.1 Å². The van der Waals surface area contributed by atoms with Crippen molar-refractivity contribution in [2.24, 2.45) is 5.41 Å². The zero-order valence-electron chi connectivity index (χ0n) is 17.3. The topological polar surface area (TPSA) is 79.1 Å². The first-order valence-electron chi connectivity index (χ1n) is 9.17. The molecule has 0 aliphatic carbocycles. The average Bonchev–Trinajstić information content (AvgIpc) is 2.87. The quantitative estimate of drug-likeness (QED) is 0.505. The second-order valence-corrected chi connectivity index (χ2v) is 9.39. The van der Waals surface area contributed by atoms with Gasteiger partial charge in [0.25, 0.3) is 0 Å². The molecule has 7 heteroatoms. The molecule has 1 heterocycles. The zero-order chi connectivity index (χ0) is 20.4. The molecule has 150 valence electrons. The lowest BCUT2D eigenvalue weighted by molar-refractivity contribution is -0.160. The first-order valence-corrected chi connectivity index (χ1v) is 9.57. The van der Waals surface area contributed by atoms with E-state index in [1.165, 1.54) is 0 Å². The molecule has 1 aromatic carbocycles. The third-order valence-electron chi connectivity index (χ3n) is 3.90. The molecule has 0 spiro atoms. The van der Waals surface area contributed by atoms with Crippen molar-refractivity contribution in [1.82, 2.24) is 15.3 Å². The summed E-state index contributed by atoms with van der Waals surface area (Å²) in [5, 5.41) is 3.38. The van der Waals surface area contributed by atoms with Crippen LogP contribution in [0.1, 0.15) is 47.1 Å². The van der Waals surface area contributed by atoms with E-state index in [-0.39, 0.29) is 18.1 Å². The summed E-state index contributed by atoms with van der Waals surface area (Å²) in [6, 6.07) is 3.95. The summed E-state index contributed by atoms with van der Waals surface area (Å²) in [5.41, 5.74) is 2.11. The first kappa shape index (κ1) is 21.4. The highest BCUT2D eigenvalue weighted by molar-refractivity contribution is 7.71. The van der Waals surface area contributed by atoms with E-state index in [1.807, 2.05) is 39.8 Å². The number of fused-ring (bicyclic) bond motifs is 1. The minimum atomic E-state index is -0.567. The highest BCUT2D eigenvalue weighted by Crippen LogP contribution is 2.25. The van der Waals surface area contributed by atoms with Crippen LogP contribution in [0.15, 0.2) is 12.1 Å². The predicted molar refractivity (Wildman–Crippen MR) is 111 cm³/mol. The molecule has 0 saturated carbocycles. The number of carbonyl (C=O) groups excluding carboxylic acids is 1. The monoisotopic (exact) mass is 393 g/mol. The lowest BCUT2D eigenvalue weighted by Crippen LogP contribution is -2.45. The minimum absolute atomic E-state index is 0.0887. The van der Waals surface area contributed by atoms with Crippen molar-refractivity contribution in [3.8, 4) is 5.75 Å². The Morgan fingerprint density at radius 3 is 2.44 bits per heavy atom. The maximum Gasteiger partial charge on any atom is 0.311 e. The largest absolute Gasteiger partial charge is 0.487 e. The number of aryl methyl sites for hydroxylation is 1. The molecule has 1 unspecified atom stereocenters. The van der Waals surface area contributed by atoms with Gasteiger partial charge in [0, 0.05) is 12.1 Å². The van der Waals surface area contributed by atoms with Gasteiger partial charge in [0.15, 0.2) is 4.77 Å². The summed E-state index contributed by atoms with van der Waals surface area (Å²) in [4.78, 5) is 18.6. The zero-order valence-corrected chi connectivity index (χ0v) is 18.1. The van der Waals surface area contributed by atoms with E-state index in [0.29, 0.717) is 17.1 Å². The Morgan fingerprint density at radius 1 is 1.19 bits per heavy atom. The summed E-state index contributed by atoms with van der Waals surface area (Å²) < 4.78 is 12.3. The lowest BCUT2D eigenvalue weighted by atomic mass is 9.97. The second-order valence-electron chi connectivity index (χ2n) is 8.98. The normalized spacial score (nSPS) is 13.6. The van der Waals surface area contributed by atoms with Crippen molar-refractivity contribution in [2.45, 2.75) is 60.1 Å². The fourth-order valence-corrected chi connectivity index (χ4v) is 2.64.